The predicted octanol–water partition coefficient (Wildman–Crippen LogP) is 5.96. The van der Waals surface area contributed by atoms with Gasteiger partial charge in [0.25, 0.3) is 0 Å². The van der Waals surface area contributed by atoms with E-state index in [1.807, 2.05) is 59.3 Å². The molecule has 9 heteroatoms. The van der Waals surface area contributed by atoms with Crippen molar-refractivity contribution in [1.29, 1.82) is 0 Å². The number of rotatable bonds is 8. The molecule has 0 aliphatic carbocycles. The maximum atomic E-state index is 13.2. The molecule has 1 aliphatic rings. The van der Waals surface area contributed by atoms with Crippen LogP contribution in [-0.4, -0.2) is 35.8 Å². The van der Waals surface area contributed by atoms with Crippen LogP contribution in [-0.2, 0) is 20.7 Å². The number of anilines is 1. The number of fused-ring (bicyclic) bond motifs is 3. The van der Waals surface area contributed by atoms with Crippen LogP contribution in [0.4, 0.5) is 5.69 Å². The third kappa shape index (κ3) is 5.48. The topological polar surface area (TPSA) is 99.0 Å². The van der Waals surface area contributed by atoms with Crippen LogP contribution in [0.5, 0.6) is 11.5 Å². The standard InChI is InChI=1S/C30H27ClN2O6/c1-37-25-7-3-5-21(30(25)38-2)29-22-16-19(31)10-13-23(22)33-14-4-6-24(33)26(39-29)17-27(34)32-20-11-8-18(9-12-20)15-28(35)36/h3-14,16,26,29H,15,17H2,1-2H3,(H,32,34)(H,35,36)/t26-,29-/m0/s1. The van der Waals surface area contributed by atoms with Gasteiger partial charge in [-0.2, -0.15) is 0 Å². The van der Waals surface area contributed by atoms with Crippen molar-refractivity contribution in [1.82, 2.24) is 4.57 Å². The summed E-state index contributed by atoms with van der Waals surface area (Å²) in [4.78, 5) is 24.2. The summed E-state index contributed by atoms with van der Waals surface area (Å²) in [6.07, 6.45) is 0.657. The molecule has 39 heavy (non-hydrogen) atoms. The van der Waals surface area contributed by atoms with E-state index in [4.69, 9.17) is 30.9 Å². The van der Waals surface area contributed by atoms with Gasteiger partial charge in [-0.25, -0.2) is 0 Å². The predicted molar refractivity (Wildman–Crippen MR) is 147 cm³/mol. The van der Waals surface area contributed by atoms with Crippen LogP contribution in [0.3, 0.4) is 0 Å². The number of methoxy groups -OCH3 is 2. The third-order valence-electron chi connectivity index (χ3n) is 6.62. The van der Waals surface area contributed by atoms with E-state index < -0.39 is 18.2 Å². The normalized spacial score (nSPS) is 16.0. The molecule has 1 amide bonds. The molecular weight excluding hydrogens is 520 g/mol. The summed E-state index contributed by atoms with van der Waals surface area (Å²) in [6.45, 7) is 0. The minimum absolute atomic E-state index is 0.0331. The van der Waals surface area contributed by atoms with Crippen LogP contribution < -0.4 is 14.8 Å². The van der Waals surface area contributed by atoms with Gasteiger partial charge in [-0.1, -0.05) is 35.9 Å². The Bertz CT molecular complexity index is 1510. The van der Waals surface area contributed by atoms with E-state index in [0.29, 0.717) is 27.8 Å². The highest BCUT2D eigenvalue weighted by atomic mass is 35.5. The first-order valence-corrected chi connectivity index (χ1v) is 12.7. The number of carboxylic acids is 1. The summed E-state index contributed by atoms with van der Waals surface area (Å²) >= 11 is 6.45. The lowest BCUT2D eigenvalue weighted by Crippen LogP contribution is -2.19. The second-order valence-corrected chi connectivity index (χ2v) is 9.55. The third-order valence-corrected chi connectivity index (χ3v) is 6.86. The Balaban J connectivity index is 1.50. The molecule has 2 atom stereocenters. The van der Waals surface area contributed by atoms with Gasteiger partial charge in [-0.05, 0) is 54.1 Å². The fourth-order valence-corrected chi connectivity index (χ4v) is 5.09. The van der Waals surface area contributed by atoms with Crippen molar-refractivity contribution in [2.75, 3.05) is 19.5 Å². The first-order valence-electron chi connectivity index (χ1n) is 12.3. The number of para-hydroxylation sites is 1. The monoisotopic (exact) mass is 546 g/mol. The maximum absolute atomic E-state index is 13.2. The molecule has 0 fully saturated rings. The number of benzene rings is 3. The first-order chi connectivity index (χ1) is 18.9. The molecule has 200 valence electrons. The van der Waals surface area contributed by atoms with E-state index in [2.05, 4.69) is 5.32 Å². The summed E-state index contributed by atoms with van der Waals surface area (Å²) in [6, 6.07) is 21.8. The van der Waals surface area contributed by atoms with E-state index in [0.717, 1.165) is 22.5 Å². The van der Waals surface area contributed by atoms with Crippen molar-refractivity contribution in [3.8, 4) is 17.2 Å². The van der Waals surface area contributed by atoms with Crippen molar-refractivity contribution >= 4 is 29.2 Å². The molecular formula is C30H27ClN2O6. The number of aromatic nitrogens is 1. The second-order valence-electron chi connectivity index (χ2n) is 9.11. The number of carbonyl (C=O) groups is 2. The van der Waals surface area contributed by atoms with Crippen LogP contribution >= 0.6 is 11.6 Å². The average Bonchev–Trinajstić information content (AvgIpc) is 3.37. The van der Waals surface area contributed by atoms with E-state index in [9.17, 15) is 9.59 Å². The number of nitrogens with zero attached hydrogens (tertiary/aromatic N) is 1. The van der Waals surface area contributed by atoms with E-state index in [-0.39, 0.29) is 18.7 Å². The number of amides is 1. The lowest BCUT2D eigenvalue weighted by atomic mass is 9.98. The number of carboxylic acid groups (broad SMARTS) is 1. The number of hydrogen-bond donors (Lipinski definition) is 2. The lowest BCUT2D eigenvalue weighted by molar-refractivity contribution is -0.136. The number of halogens is 1. The van der Waals surface area contributed by atoms with Gasteiger partial charge in [0.05, 0.1) is 38.4 Å². The zero-order chi connectivity index (χ0) is 27.5. The second kappa shape index (κ2) is 11.2. The molecule has 1 aromatic heterocycles. The summed E-state index contributed by atoms with van der Waals surface area (Å²) in [5.41, 5.74) is 4.48. The van der Waals surface area contributed by atoms with Crippen molar-refractivity contribution in [3.63, 3.8) is 0 Å². The molecule has 3 aromatic carbocycles. The molecule has 5 rings (SSSR count). The molecule has 0 saturated heterocycles. The molecule has 0 unspecified atom stereocenters. The van der Waals surface area contributed by atoms with E-state index in [1.165, 1.54) is 0 Å². The smallest absolute Gasteiger partial charge is 0.307 e. The van der Waals surface area contributed by atoms with E-state index in [1.54, 1.807) is 38.5 Å². The Morgan fingerprint density at radius 2 is 1.79 bits per heavy atom. The average molecular weight is 547 g/mol. The van der Waals surface area contributed by atoms with Gasteiger partial charge in [-0.3, -0.25) is 9.59 Å². The number of nitrogens with one attached hydrogen (secondary N) is 1. The van der Waals surface area contributed by atoms with Crippen molar-refractivity contribution in [2.45, 2.75) is 25.0 Å². The Morgan fingerprint density at radius 1 is 1.00 bits per heavy atom. The molecule has 0 bridgehead atoms. The summed E-state index contributed by atoms with van der Waals surface area (Å²) in [5, 5.41) is 12.4. The molecule has 0 spiro atoms. The van der Waals surface area contributed by atoms with Crippen LogP contribution in [0, 0.1) is 0 Å². The number of aliphatic carboxylic acids is 1. The zero-order valence-electron chi connectivity index (χ0n) is 21.4. The highest BCUT2D eigenvalue weighted by Gasteiger charge is 2.34. The summed E-state index contributed by atoms with van der Waals surface area (Å²) in [5.74, 6) is -0.0669. The van der Waals surface area contributed by atoms with Gasteiger partial charge in [0.2, 0.25) is 5.91 Å². The molecule has 2 N–H and O–H groups in total. The Morgan fingerprint density at radius 3 is 2.51 bits per heavy atom. The van der Waals surface area contributed by atoms with Gasteiger partial charge in [-0.15, -0.1) is 0 Å². The van der Waals surface area contributed by atoms with Crippen molar-refractivity contribution in [2.24, 2.45) is 0 Å². The molecule has 2 heterocycles. The van der Waals surface area contributed by atoms with Crippen LogP contribution in [0.15, 0.2) is 79.0 Å². The maximum Gasteiger partial charge on any atom is 0.307 e. The van der Waals surface area contributed by atoms with Crippen molar-refractivity contribution < 1.29 is 28.9 Å². The Labute approximate surface area is 230 Å². The van der Waals surface area contributed by atoms with Crippen LogP contribution in [0.2, 0.25) is 5.02 Å². The lowest BCUT2D eigenvalue weighted by Gasteiger charge is -2.25. The molecule has 0 radical (unpaired) electrons. The molecule has 8 nitrogen and oxygen atoms in total. The highest BCUT2D eigenvalue weighted by Crippen LogP contribution is 2.46. The summed E-state index contributed by atoms with van der Waals surface area (Å²) in [7, 11) is 3.15. The number of hydrogen-bond acceptors (Lipinski definition) is 5. The number of carbonyl (C=O) groups excluding carboxylic acids is 1. The largest absolute Gasteiger partial charge is 0.493 e. The van der Waals surface area contributed by atoms with Crippen LogP contribution in [0.25, 0.3) is 5.69 Å². The zero-order valence-corrected chi connectivity index (χ0v) is 22.1. The fourth-order valence-electron chi connectivity index (χ4n) is 4.91. The highest BCUT2D eigenvalue weighted by molar-refractivity contribution is 6.30. The minimum atomic E-state index is -0.912. The Kier molecular flexibility index (Phi) is 7.58. The minimum Gasteiger partial charge on any atom is -0.493 e. The molecule has 0 saturated carbocycles. The quantitative estimate of drug-likeness (QED) is 0.283. The Hall–Kier alpha value is -4.27. The van der Waals surface area contributed by atoms with Gasteiger partial charge in [0.1, 0.15) is 12.2 Å². The fraction of sp³-hybridized carbons (Fsp3) is 0.200. The molecule has 4 aromatic rings. The SMILES string of the molecule is COc1cccc([C@@H]2O[C@@H](CC(=O)Nc3ccc(CC(=O)O)cc3)c3cccn3-c3ccc(Cl)cc32)c1OC. The first kappa shape index (κ1) is 26.3. The molecule has 1 aliphatic heterocycles. The number of ether oxygens (including phenoxy) is 3. The van der Waals surface area contributed by atoms with Gasteiger partial charge in [0, 0.05) is 28.0 Å². The van der Waals surface area contributed by atoms with Crippen LogP contribution in [0.1, 0.15) is 41.0 Å². The summed E-state index contributed by atoms with van der Waals surface area (Å²) < 4.78 is 20.0. The van der Waals surface area contributed by atoms with E-state index >= 15 is 0 Å². The van der Waals surface area contributed by atoms with Crippen molar-refractivity contribution in [3.05, 3.63) is 106 Å². The van der Waals surface area contributed by atoms with Gasteiger partial charge >= 0.3 is 5.97 Å². The van der Waals surface area contributed by atoms with Gasteiger partial charge < -0.3 is 29.2 Å². The van der Waals surface area contributed by atoms with Gasteiger partial charge in [0.15, 0.2) is 11.5 Å².